The van der Waals surface area contributed by atoms with Gasteiger partial charge >= 0.3 is 0 Å². The molecule has 1 aromatic rings. The molecule has 1 aromatic heterocycles. The summed E-state index contributed by atoms with van der Waals surface area (Å²) in [5, 5.41) is 0.624. The van der Waals surface area contributed by atoms with Gasteiger partial charge in [0, 0.05) is 17.8 Å². The van der Waals surface area contributed by atoms with Crippen molar-refractivity contribution in [3.05, 3.63) is 27.5 Å². The summed E-state index contributed by atoms with van der Waals surface area (Å²) in [5.74, 6) is 0. The smallest absolute Gasteiger partial charge is 0.0977 e. The molecule has 1 rings (SSSR count). The van der Waals surface area contributed by atoms with Gasteiger partial charge in [-0.1, -0.05) is 11.6 Å². The van der Waals surface area contributed by atoms with Crippen LogP contribution < -0.4 is 0 Å². The molecule has 2 nitrogen and oxygen atoms in total. The van der Waals surface area contributed by atoms with Crippen LogP contribution in [0.2, 0.25) is 5.02 Å². The molecule has 0 aliphatic rings. The van der Waals surface area contributed by atoms with Crippen LogP contribution in [-0.4, -0.2) is 12.1 Å². The van der Waals surface area contributed by atoms with E-state index >= 15 is 0 Å². The number of halogens is 2. The Balaban J connectivity index is 3.01. The van der Waals surface area contributed by atoms with Crippen LogP contribution >= 0.6 is 27.5 Å². The van der Waals surface area contributed by atoms with Crippen molar-refractivity contribution < 1.29 is 4.74 Å². The summed E-state index contributed by atoms with van der Waals surface area (Å²) in [6, 6.07) is 1.80. The Bertz CT molecular complexity index is 280. The second-order valence-corrected chi connectivity index (χ2v) is 3.72. The van der Waals surface area contributed by atoms with Gasteiger partial charge in [0.05, 0.1) is 16.8 Å². The largest absolute Gasteiger partial charge is 0.375 e. The lowest BCUT2D eigenvalue weighted by molar-refractivity contribution is 0.116. The highest BCUT2D eigenvalue weighted by Crippen LogP contribution is 2.25. The maximum atomic E-state index is 5.93. The number of ether oxygens (including phenoxy) is 1. The van der Waals surface area contributed by atoms with Crippen molar-refractivity contribution in [3.8, 4) is 0 Å². The average molecular weight is 251 g/mol. The minimum atomic E-state index is -0.0643. The average Bonchev–Trinajstić information content (AvgIpc) is 2.03. The van der Waals surface area contributed by atoms with E-state index in [9.17, 15) is 0 Å². The van der Waals surface area contributed by atoms with Gasteiger partial charge in [0.25, 0.3) is 0 Å². The van der Waals surface area contributed by atoms with Crippen molar-refractivity contribution in [2.45, 2.75) is 13.0 Å². The Hall–Kier alpha value is -0.120. The van der Waals surface area contributed by atoms with Crippen LogP contribution in [-0.2, 0) is 4.74 Å². The zero-order valence-corrected chi connectivity index (χ0v) is 9.19. The van der Waals surface area contributed by atoms with Gasteiger partial charge in [-0.15, -0.1) is 0 Å². The van der Waals surface area contributed by atoms with E-state index in [0.29, 0.717) is 5.02 Å². The molecule has 0 saturated heterocycles. The Morgan fingerprint density at radius 3 is 2.83 bits per heavy atom. The Morgan fingerprint density at radius 2 is 2.33 bits per heavy atom. The first-order chi connectivity index (χ1) is 5.65. The van der Waals surface area contributed by atoms with Crippen LogP contribution in [0.4, 0.5) is 0 Å². The summed E-state index contributed by atoms with van der Waals surface area (Å²) in [6.07, 6.45) is 1.64. The van der Waals surface area contributed by atoms with Crippen molar-refractivity contribution in [1.29, 1.82) is 0 Å². The lowest BCUT2D eigenvalue weighted by Gasteiger charge is -2.09. The Labute approximate surface area is 85.0 Å². The van der Waals surface area contributed by atoms with E-state index in [2.05, 4.69) is 20.9 Å². The van der Waals surface area contributed by atoms with Gasteiger partial charge in [0.2, 0.25) is 0 Å². The second-order valence-electron chi connectivity index (χ2n) is 2.40. The molecular weight excluding hydrogens is 241 g/mol. The molecule has 0 spiro atoms. The van der Waals surface area contributed by atoms with Crippen molar-refractivity contribution in [2.24, 2.45) is 0 Å². The minimum Gasteiger partial charge on any atom is -0.375 e. The zero-order chi connectivity index (χ0) is 9.14. The fraction of sp³-hybridized carbons (Fsp3) is 0.375. The summed E-state index contributed by atoms with van der Waals surface area (Å²) >= 11 is 9.21. The van der Waals surface area contributed by atoms with Crippen molar-refractivity contribution >= 4 is 27.5 Å². The van der Waals surface area contributed by atoms with Gasteiger partial charge in [0.1, 0.15) is 0 Å². The fourth-order valence-corrected chi connectivity index (χ4v) is 1.62. The highest BCUT2D eigenvalue weighted by molar-refractivity contribution is 9.10. The lowest BCUT2D eigenvalue weighted by Crippen LogP contribution is -1.99. The number of methoxy groups -OCH3 is 1. The highest BCUT2D eigenvalue weighted by atomic mass is 79.9. The number of aromatic nitrogens is 1. The molecule has 0 saturated carbocycles. The van der Waals surface area contributed by atoms with Gasteiger partial charge < -0.3 is 4.74 Å². The Morgan fingerprint density at radius 1 is 1.67 bits per heavy atom. The SMILES string of the molecule is COC(C)c1ncc(Br)cc1Cl. The number of hydrogen-bond donors (Lipinski definition) is 0. The normalized spacial score (nSPS) is 13.0. The summed E-state index contributed by atoms with van der Waals surface area (Å²) in [6.45, 7) is 1.90. The standard InChI is InChI=1S/C8H9BrClNO/c1-5(12-2)8-7(10)3-6(9)4-11-8/h3-5H,1-2H3. The van der Waals surface area contributed by atoms with Gasteiger partial charge in [0.15, 0.2) is 0 Å². The van der Waals surface area contributed by atoms with E-state index in [0.717, 1.165) is 10.2 Å². The summed E-state index contributed by atoms with van der Waals surface area (Å²) < 4.78 is 5.97. The molecule has 1 unspecified atom stereocenters. The van der Waals surface area contributed by atoms with E-state index < -0.39 is 0 Å². The van der Waals surface area contributed by atoms with E-state index in [4.69, 9.17) is 16.3 Å². The highest BCUT2D eigenvalue weighted by Gasteiger charge is 2.09. The predicted molar refractivity (Wildman–Crippen MR) is 52.4 cm³/mol. The van der Waals surface area contributed by atoms with Crippen LogP contribution in [0.3, 0.4) is 0 Å². The first kappa shape index (κ1) is 9.96. The molecule has 4 heteroatoms. The lowest BCUT2D eigenvalue weighted by atomic mass is 10.2. The van der Waals surface area contributed by atoms with E-state index in [1.165, 1.54) is 0 Å². The first-order valence-electron chi connectivity index (χ1n) is 3.49. The topological polar surface area (TPSA) is 22.1 Å². The molecule has 0 aromatic carbocycles. The number of nitrogens with zero attached hydrogens (tertiary/aromatic N) is 1. The molecular formula is C8H9BrClNO. The summed E-state index contributed by atoms with van der Waals surface area (Å²) in [4.78, 5) is 4.14. The van der Waals surface area contributed by atoms with Crippen LogP contribution in [0, 0.1) is 0 Å². The zero-order valence-electron chi connectivity index (χ0n) is 6.84. The van der Waals surface area contributed by atoms with Crippen LogP contribution in [0.15, 0.2) is 16.7 Å². The first-order valence-corrected chi connectivity index (χ1v) is 4.66. The quantitative estimate of drug-likeness (QED) is 0.804. The van der Waals surface area contributed by atoms with Gasteiger partial charge in [-0.3, -0.25) is 4.98 Å². The third-order valence-corrected chi connectivity index (χ3v) is 2.31. The maximum absolute atomic E-state index is 5.93. The molecule has 12 heavy (non-hydrogen) atoms. The van der Waals surface area contributed by atoms with Gasteiger partial charge in [-0.05, 0) is 28.9 Å². The van der Waals surface area contributed by atoms with Crippen molar-refractivity contribution in [3.63, 3.8) is 0 Å². The minimum absolute atomic E-state index is 0.0643. The maximum Gasteiger partial charge on any atom is 0.0977 e. The molecule has 0 amide bonds. The summed E-state index contributed by atoms with van der Waals surface area (Å²) in [5.41, 5.74) is 0.766. The molecule has 0 radical (unpaired) electrons. The number of pyridine rings is 1. The molecule has 0 fully saturated rings. The molecule has 0 aliphatic carbocycles. The Kier molecular flexibility index (Phi) is 3.50. The van der Waals surface area contributed by atoms with E-state index in [1.54, 1.807) is 19.4 Å². The number of hydrogen-bond acceptors (Lipinski definition) is 2. The predicted octanol–water partition coefficient (Wildman–Crippen LogP) is 3.20. The van der Waals surface area contributed by atoms with Crippen LogP contribution in [0.5, 0.6) is 0 Å². The number of rotatable bonds is 2. The van der Waals surface area contributed by atoms with Gasteiger partial charge in [-0.2, -0.15) is 0 Å². The third-order valence-electron chi connectivity index (χ3n) is 1.57. The van der Waals surface area contributed by atoms with Crippen molar-refractivity contribution in [2.75, 3.05) is 7.11 Å². The molecule has 1 heterocycles. The molecule has 0 aliphatic heterocycles. The van der Waals surface area contributed by atoms with Crippen LogP contribution in [0.25, 0.3) is 0 Å². The fourth-order valence-electron chi connectivity index (χ4n) is 0.836. The monoisotopic (exact) mass is 249 g/mol. The van der Waals surface area contributed by atoms with E-state index in [-0.39, 0.29) is 6.10 Å². The second kappa shape index (κ2) is 4.21. The third kappa shape index (κ3) is 2.19. The van der Waals surface area contributed by atoms with Crippen molar-refractivity contribution in [1.82, 2.24) is 4.98 Å². The van der Waals surface area contributed by atoms with Gasteiger partial charge in [-0.25, -0.2) is 0 Å². The summed E-state index contributed by atoms with van der Waals surface area (Å²) in [7, 11) is 1.63. The molecule has 0 N–H and O–H groups in total. The molecule has 66 valence electrons. The molecule has 1 atom stereocenters. The van der Waals surface area contributed by atoms with E-state index in [1.807, 2.05) is 6.92 Å². The van der Waals surface area contributed by atoms with Crippen LogP contribution in [0.1, 0.15) is 18.7 Å². The molecule has 0 bridgehead atoms.